The first kappa shape index (κ1) is 10.6. The minimum Gasteiger partial charge on any atom is -0.298 e. The lowest BCUT2D eigenvalue weighted by molar-refractivity contribution is -0.120. The number of carbonyl (C=O) groups is 1. The van der Waals surface area contributed by atoms with Crippen LogP contribution in [-0.4, -0.2) is 25.2 Å². The SMILES string of the molecule is CCC(=O)C(C)(C)S(C)(=O)=O. The van der Waals surface area contributed by atoms with E-state index >= 15 is 0 Å². The fraction of sp³-hybridized carbons (Fsp3) is 0.857. The van der Waals surface area contributed by atoms with Crippen molar-refractivity contribution in [1.29, 1.82) is 0 Å². The van der Waals surface area contributed by atoms with E-state index in [-0.39, 0.29) is 12.2 Å². The Kier molecular flexibility index (Phi) is 2.83. The zero-order valence-corrected chi connectivity index (χ0v) is 8.16. The van der Waals surface area contributed by atoms with E-state index in [9.17, 15) is 13.2 Å². The van der Waals surface area contributed by atoms with Crippen LogP contribution in [0.2, 0.25) is 0 Å². The van der Waals surface area contributed by atoms with Gasteiger partial charge in [0.2, 0.25) is 0 Å². The maximum absolute atomic E-state index is 11.1. The van der Waals surface area contributed by atoms with Crippen LogP contribution < -0.4 is 0 Å². The van der Waals surface area contributed by atoms with Gasteiger partial charge in [-0.25, -0.2) is 8.42 Å². The van der Waals surface area contributed by atoms with Crippen molar-refractivity contribution in [2.75, 3.05) is 6.26 Å². The second-order valence-corrected chi connectivity index (χ2v) is 5.62. The summed E-state index contributed by atoms with van der Waals surface area (Å²) in [6.07, 6.45) is 1.35. The fourth-order valence-corrected chi connectivity index (χ4v) is 1.19. The van der Waals surface area contributed by atoms with Gasteiger partial charge in [-0.15, -0.1) is 0 Å². The van der Waals surface area contributed by atoms with E-state index < -0.39 is 14.6 Å². The molecule has 0 radical (unpaired) electrons. The lowest BCUT2D eigenvalue weighted by atomic mass is 10.1. The molecule has 0 amide bonds. The molecule has 0 aliphatic carbocycles. The third-order valence-electron chi connectivity index (χ3n) is 1.92. The number of ketones is 1. The molecule has 0 aromatic heterocycles. The molecule has 0 saturated carbocycles. The number of rotatable bonds is 3. The summed E-state index contributed by atoms with van der Waals surface area (Å²) in [6, 6.07) is 0. The van der Waals surface area contributed by atoms with Gasteiger partial charge in [-0.3, -0.25) is 4.79 Å². The number of Topliss-reactive ketones (excluding diaryl/α,β-unsaturated/α-hetero) is 1. The van der Waals surface area contributed by atoms with Gasteiger partial charge in [0, 0.05) is 12.7 Å². The third-order valence-corrected chi connectivity index (χ3v) is 4.00. The minimum atomic E-state index is -3.26. The van der Waals surface area contributed by atoms with Crippen LogP contribution in [0.25, 0.3) is 0 Å². The highest BCUT2D eigenvalue weighted by molar-refractivity contribution is 7.92. The molecule has 4 heteroatoms. The van der Waals surface area contributed by atoms with Crippen molar-refractivity contribution in [3.05, 3.63) is 0 Å². The van der Waals surface area contributed by atoms with Crippen LogP contribution >= 0.6 is 0 Å². The Morgan fingerprint density at radius 3 is 1.82 bits per heavy atom. The highest BCUT2D eigenvalue weighted by Gasteiger charge is 2.36. The predicted molar refractivity (Wildman–Crippen MR) is 44.2 cm³/mol. The smallest absolute Gasteiger partial charge is 0.159 e. The summed E-state index contributed by atoms with van der Waals surface area (Å²) in [5.74, 6) is -0.236. The molecule has 0 aliphatic heterocycles. The Bertz CT molecular complexity index is 249. The molecule has 0 aromatic carbocycles. The van der Waals surface area contributed by atoms with Gasteiger partial charge in [-0.1, -0.05) is 6.92 Å². The first-order valence-corrected chi connectivity index (χ1v) is 5.35. The van der Waals surface area contributed by atoms with Gasteiger partial charge >= 0.3 is 0 Å². The first-order chi connectivity index (χ1) is 4.73. The number of hydrogen-bond donors (Lipinski definition) is 0. The molecular weight excluding hydrogens is 164 g/mol. The van der Waals surface area contributed by atoms with E-state index in [0.29, 0.717) is 0 Å². The molecule has 0 saturated heterocycles. The number of carbonyl (C=O) groups excluding carboxylic acids is 1. The van der Waals surface area contributed by atoms with Gasteiger partial charge in [0.15, 0.2) is 15.6 Å². The van der Waals surface area contributed by atoms with Gasteiger partial charge in [0.25, 0.3) is 0 Å². The molecular formula is C7H14O3S. The monoisotopic (exact) mass is 178 g/mol. The Hall–Kier alpha value is -0.380. The van der Waals surface area contributed by atoms with E-state index in [0.717, 1.165) is 6.26 Å². The van der Waals surface area contributed by atoms with Crippen molar-refractivity contribution in [1.82, 2.24) is 0 Å². The topological polar surface area (TPSA) is 51.2 Å². The van der Waals surface area contributed by atoms with Gasteiger partial charge in [-0.05, 0) is 13.8 Å². The number of sulfone groups is 1. The zero-order chi connectivity index (χ0) is 9.28. The molecule has 0 fully saturated rings. The summed E-state index contributed by atoms with van der Waals surface area (Å²) in [4.78, 5) is 11.1. The summed E-state index contributed by atoms with van der Waals surface area (Å²) in [5, 5.41) is 0. The van der Waals surface area contributed by atoms with Crippen LogP contribution in [0, 0.1) is 0 Å². The summed E-state index contributed by atoms with van der Waals surface area (Å²) < 4.78 is 20.8. The Morgan fingerprint density at radius 1 is 1.36 bits per heavy atom. The quantitative estimate of drug-likeness (QED) is 0.642. The van der Waals surface area contributed by atoms with Gasteiger partial charge in [-0.2, -0.15) is 0 Å². The standard InChI is InChI=1S/C7H14O3S/c1-5-6(8)7(2,3)11(4,9)10/h5H2,1-4H3. The third kappa shape index (κ3) is 2.02. The number of hydrogen-bond acceptors (Lipinski definition) is 3. The lowest BCUT2D eigenvalue weighted by Gasteiger charge is -2.19. The van der Waals surface area contributed by atoms with E-state index in [1.807, 2.05) is 0 Å². The van der Waals surface area contributed by atoms with E-state index in [4.69, 9.17) is 0 Å². The predicted octanol–water partition coefficient (Wildman–Crippen LogP) is 0.789. The summed E-state index contributed by atoms with van der Waals surface area (Å²) in [5.41, 5.74) is 0. The molecule has 0 unspecified atom stereocenters. The maximum Gasteiger partial charge on any atom is 0.159 e. The molecule has 11 heavy (non-hydrogen) atoms. The molecule has 3 nitrogen and oxygen atoms in total. The Morgan fingerprint density at radius 2 is 1.73 bits per heavy atom. The minimum absolute atomic E-state index is 0.236. The lowest BCUT2D eigenvalue weighted by Crippen LogP contribution is -2.39. The summed E-state index contributed by atoms with van der Waals surface area (Å²) in [6.45, 7) is 4.54. The normalized spacial score (nSPS) is 13.1. The van der Waals surface area contributed by atoms with Crippen LogP contribution in [0.1, 0.15) is 27.2 Å². The van der Waals surface area contributed by atoms with Crippen molar-refractivity contribution in [2.24, 2.45) is 0 Å². The molecule has 0 bridgehead atoms. The fourth-order valence-electron chi connectivity index (χ4n) is 0.633. The average Bonchev–Trinajstić information content (AvgIpc) is 1.83. The largest absolute Gasteiger partial charge is 0.298 e. The second kappa shape index (κ2) is 2.93. The molecule has 0 aromatic rings. The van der Waals surface area contributed by atoms with Gasteiger partial charge < -0.3 is 0 Å². The van der Waals surface area contributed by atoms with Crippen LogP contribution in [0.15, 0.2) is 0 Å². The highest BCUT2D eigenvalue weighted by Crippen LogP contribution is 2.17. The van der Waals surface area contributed by atoms with Gasteiger partial charge in [0.05, 0.1) is 0 Å². The van der Waals surface area contributed by atoms with Crippen molar-refractivity contribution in [2.45, 2.75) is 31.9 Å². The first-order valence-electron chi connectivity index (χ1n) is 3.46. The van der Waals surface area contributed by atoms with E-state index in [2.05, 4.69) is 0 Å². The Balaban J connectivity index is 4.90. The van der Waals surface area contributed by atoms with Crippen LogP contribution in [0.4, 0.5) is 0 Å². The molecule has 0 heterocycles. The van der Waals surface area contributed by atoms with Gasteiger partial charge in [0.1, 0.15) is 4.75 Å². The Labute approximate surface area is 67.7 Å². The van der Waals surface area contributed by atoms with Crippen LogP contribution in [-0.2, 0) is 14.6 Å². The second-order valence-electron chi connectivity index (χ2n) is 3.06. The molecule has 66 valence electrons. The van der Waals surface area contributed by atoms with Crippen molar-refractivity contribution < 1.29 is 13.2 Å². The zero-order valence-electron chi connectivity index (χ0n) is 7.34. The molecule has 0 spiro atoms. The van der Waals surface area contributed by atoms with Crippen LogP contribution in [0.3, 0.4) is 0 Å². The van der Waals surface area contributed by atoms with E-state index in [1.54, 1.807) is 6.92 Å². The highest BCUT2D eigenvalue weighted by atomic mass is 32.2. The molecule has 0 atom stereocenters. The molecule has 0 rings (SSSR count). The average molecular weight is 178 g/mol. The summed E-state index contributed by atoms with van der Waals surface area (Å²) >= 11 is 0. The van der Waals surface area contributed by atoms with Crippen LogP contribution in [0.5, 0.6) is 0 Å². The van der Waals surface area contributed by atoms with Crippen molar-refractivity contribution in [3.8, 4) is 0 Å². The summed E-state index contributed by atoms with van der Waals surface area (Å²) in [7, 11) is -3.26. The van der Waals surface area contributed by atoms with E-state index in [1.165, 1.54) is 13.8 Å². The van der Waals surface area contributed by atoms with Crippen molar-refractivity contribution >= 4 is 15.6 Å². The molecule has 0 N–H and O–H groups in total. The molecule has 0 aliphatic rings. The van der Waals surface area contributed by atoms with Crippen molar-refractivity contribution in [3.63, 3.8) is 0 Å². The maximum atomic E-state index is 11.1.